The van der Waals surface area contributed by atoms with Crippen LogP contribution in [0.2, 0.25) is 0 Å². The summed E-state index contributed by atoms with van der Waals surface area (Å²) < 4.78 is 3.71. The smallest absolute Gasteiger partial charge is 0.214 e. The van der Waals surface area contributed by atoms with E-state index in [1.54, 1.807) is 11.3 Å². The lowest BCUT2D eigenvalue weighted by atomic mass is 10.2. The highest BCUT2D eigenvalue weighted by Crippen LogP contribution is 2.18. The molecule has 23 heavy (non-hydrogen) atoms. The predicted octanol–water partition coefficient (Wildman–Crippen LogP) is 2.94. The first-order chi connectivity index (χ1) is 11.3. The molecule has 7 heteroatoms. The molecule has 0 amide bonds. The standard InChI is InChI=1S/C16H16N6S/c1-12-10-22-16(19-12)23-15(20-22)17-8-7-13-9-18-21(11-13)14-5-3-2-4-6-14/h2-6,9-11H,7-8H2,1H3,(H,17,20). The van der Waals surface area contributed by atoms with Crippen LogP contribution in [-0.4, -0.2) is 30.9 Å². The van der Waals surface area contributed by atoms with Gasteiger partial charge in [0.15, 0.2) is 0 Å². The van der Waals surface area contributed by atoms with Crippen LogP contribution < -0.4 is 5.32 Å². The Morgan fingerprint density at radius 2 is 2.04 bits per heavy atom. The van der Waals surface area contributed by atoms with Crippen LogP contribution in [-0.2, 0) is 6.42 Å². The third kappa shape index (κ3) is 2.95. The van der Waals surface area contributed by atoms with Crippen molar-refractivity contribution in [2.45, 2.75) is 13.3 Å². The largest absolute Gasteiger partial charge is 0.360 e. The van der Waals surface area contributed by atoms with E-state index in [-0.39, 0.29) is 0 Å². The molecule has 0 aliphatic rings. The second kappa shape index (κ2) is 5.85. The molecule has 0 fully saturated rings. The van der Waals surface area contributed by atoms with Gasteiger partial charge < -0.3 is 5.32 Å². The van der Waals surface area contributed by atoms with Gasteiger partial charge in [-0.3, -0.25) is 0 Å². The van der Waals surface area contributed by atoms with E-state index in [9.17, 15) is 0 Å². The molecule has 0 unspecified atom stereocenters. The first-order valence-corrected chi connectivity index (χ1v) is 8.25. The maximum Gasteiger partial charge on any atom is 0.214 e. The Kier molecular flexibility index (Phi) is 3.55. The fraction of sp³-hybridized carbons (Fsp3) is 0.188. The molecule has 0 aliphatic carbocycles. The quantitative estimate of drug-likeness (QED) is 0.613. The summed E-state index contributed by atoms with van der Waals surface area (Å²) in [5, 5.41) is 13.1. The highest BCUT2D eigenvalue weighted by Gasteiger charge is 2.06. The molecule has 1 aromatic carbocycles. The van der Waals surface area contributed by atoms with Crippen LogP contribution in [0.5, 0.6) is 0 Å². The molecule has 1 N–H and O–H groups in total. The van der Waals surface area contributed by atoms with Crippen LogP contribution in [0.3, 0.4) is 0 Å². The van der Waals surface area contributed by atoms with E-state index in [2.05, 4.69) is 26.7 Å². The summed E-state index contributed by atoms with van der Waals surface area (Å²) in [4.78, 5) is 5.32. The Morgan fingerprint density at radius 1 is 1.17 bits per heavy atom. The van der Waals surface area contributed by atoms with Crippen molar-refractivity contribution in [2.24, 2.45) is 0 Å². The van der Waals surface area contributed by atoms with Gasteiger partial charge in [-0.2, -0.15) is 5.10 Å². The highest BCUT2D eigenvalue weighted by atomic mass is 32.1. The van der Waals surface area contributed by atoms with Crippen molar-refractivity contribution in [1.29, 1.82) is 0 Å². The van der Waals surface area contributed by atoms with Crippen LogP contribution in [0, 0.1) is 6.92 Å². The van der Waals surface area contributed by atoms with Gasteiger partial charge in [-0.05, 0) is 31.0 Å². The average Bonchev–Trinajstić information content (AvgIpc) is 3.23. The van der Waals surface area contributed by atoms with Crippen molar-refractivity contribution < 1.29 is 0 Å². The fourth-order valence-corrected chi connectivity index (χ4v) is 3.26. The Balaban J connectivity index is 1.37. The predicted molar refractivity (Wildman–Crippen MR) is 91.4 cm³/mol. The van der Waals surface area contributed by atoms with Gasteiger partial charge >= 0.3 is 0 Å². The number of hydrogen-bond acceptors (Lipinski definition) is 5. The van der Waals surface area contributed by atoms with Crippen LogP contribution >= 0.6 is 11.3 Å². The van der Waals surface area contributed by atoms with E-state index >= 15 is 0 Å². The number of nitrogens with zero attached hydrogens (tertiary/aromatic N) is 5. The third-order valence-corrected chi connectivity index (χ3v) is 4.39. The number of anilines is 1. The lowest BCUT2D eigenvalue weighted by Crippen LogP contribution is -2.04. The van der Waals surface area contributed by atoms with Crippen molar-refractivity contribution in [3.05, 3.63) is 60.2 Å². The zero-order valence-corrected chi connectivity index (χ0v) is 13.5. The molecule has 116 valence electrons. The molecule has 0 aliphatic heterocycles. The second-order valence-electron chi connectivity index (χ2n) is 5.32. The second-order valence-corrected chi connectivity index (χ2v) is 6.28. The molecule has 4 aromatic rings. The van der Waals surface area contributed by atoms with E-state index in [1.165, 1.54) is 5.56 Å². The summed E-state index contributed by atoms with van der Waals surface area (Å²) in [7, 11) is 0. The molecule has 0 atom stereocenters. The summed E-state index contributed by atoms with van der Waals surface area (Å²) in [5.41, 5.74) is 3.25. The number of rotatable bonds is 5. The minimum absolute atomic E-state index is 0.816. The van der Waals surface area contributed by atoms with E-state index in [4.69, 9.17) is 0 Å². The number of aromatic nitrogens is 5. The molecule has 3 heterocycles. The number of para-hydroxylation sites is 1. The van der Waals surface area contributed by atoms with Crippen molar-refractivity contribution in [1.82, 2.24) is 24.4 Å². The lowest BCUT2D eigenvalue weighted by Gasteiger charge is -2.00. The zero-order valence-electron chi connectivity index (χ0n) is 12.7. The Labute approximate surface area is 137 Å². The average molecular weight is 324 g/mol. The number of fused-ring (bicyclic) bond motifs is 1. The van der Waals surface area contributed by atoms with Crippen LogP contribution in [0.25, 0.3) is 10.6 Å². The zero-order chi connectivity index (χ0) is 15.6. The first kappa shape index (κ1) is 14.0. The summed E-state index contributed by atoms with van der Waals surface area (Å²) in [6, 6.07) is 10.1. The molecule has 0 bridgehead atoms. The van der Waals surface area contributed by atoms with Crippen molar-refractivity contribution in [3.63, 3.8) is 0 Å². The van der Waals surface area contributed by atoms with Crippen molar-refractivity contribution in [3.8, 4) is 5.69 Å². The minimum atomic E-state index is 0.816. The molecule has 4 rings (SSSR count). The Morgan fingerprint density at radius 3 is 2.87 bits per heavy atom. The van der Waals surface area contributed by atoms with Crippen LogP contribution in [0.15, 0.2) is 48.9 Å². The molecule has 0 saturated heterocycles. The number of benzene rings is 1. The van der Waals surface area contributed by atoms with Gasteiger partial charge in [-0.1, -0.05) is 29.5 Å². The van der Waals surface area contributed by atoms with Gasteiger partial charge in [0.2, 0.25) is 10.1 Å². The molecular weight excluding hydrogens is 308 g/mol. The normalized spacial score (nSPS) is 11.2. The monoisotopic (exact) mass is 324 g/mol. The first-order valence-electron chi connectivity index (χ1n) is 7.43. The molecule has 0 radical (unpaired) electrons. The molecule has 0 saturated carbocycles. The third-order valence-electron chi connectivity index (χ3n) is 3.51. The summed E-state index contributed by atoms with van der Waals surface area (Å²) in [5.74, 6) is 0. The number of aryl methyl sites for hydroxylation is 1. The van der Waals surface area contributed by atoms with Crippen LogP contribution in [0.4, 0.5) is 5.13 Å². The lowest BCUT2D eigenvalue weighted by molar-refractivity contribution is 0.879. The summed E-state index contributed by atoms with van der Waals surface area (Å²) in [6.45, 7) is 2.79. The van der Waals surface area contributed by atoms with E-state index in [0.29, 0.717) is 0 Å². The summed E-state index contributed by atoms with van der Waals surface area (Å²) in [6.07, 6.45) is 6.80. The number of nitrogens with one attached hydrogen (secondary N) is 1. The summed E-state index contributed by atoms with van der Waals surface area (Å²) >= 11 is 1.56. The van der Waals surface area contributed by atoms with Crippen molar-refractivity contribution in [2.75, 3.05) is 11.9 Å². The Bertz CT molecular complexity index is 889. The SMILES string of the molecule is Cc1cn2nc(NCCc3cnn(-c4ccccc4)c3)sc2n1. The van der Waals surface area contributed by atoms with Gasteiger partial charge in [-0.15, -0.1) is 5.10 Å². The molecule has 0 spiro atoms. The van der Waals surface area contributed by atoms with Gasteiger partial charge in [0.25, 0.3) is 0 Å². The fourth-order valence-electron chi connectivity index (χ4n) is 2.41. The van der Waals surface area contributed by atoms with E-state index < -0.39 is 0 Å². The maximum atomic E-state index is 4.46. The van der Waals surface area contributed by atoms with Crippen molar-refractivity contribution >= 4 is 21.4 Å². The van der Waals surface area contributed by atoms with E-state index in [0.717, 1.165) is 34.4 Å². The van der Waals surface area contributed by atoms with Gasteiger partial charge in [0.1, 0.15) is 0 Å². The van der Waals surface area contributed by atoms with Gasteiger partial charge in [-0.25, -0.2) is 14.2 Å². The molecular formula is C16H16N6S. The maximum absolute atomic E-state index is 4.46. The number of hydrogen-bond donors (Lipinski definition) is 1. The van der Waals surface area contributed by atoms with Gasteiger partial charge in [0, 0.05) is 12.7 Å². The Hall–Kier alpha value is -2.67. The number of imidazole rings is 1. The molecule has 3 aromatic heterocycles. The van der Waals surface area contributed by atoms with E-state index in [1.807, 2.05) is 58.8 Å². The topological polar surface area (TPSA) is 60.0 Å². The van der Waals surface area contributed by atoms with Crippen LogP contribution in [0.1, 0.15) is 11.3 Å². The molecule has 6 nitrogen and oxygen atoms in total. The minimum Gasteiger partial charge on any atom is -0.360 e. The highest BCUT2D eigenvalue weighted by molar-refractivity contribution is 7.20. The van der Waals surface area contributed by atoms with Gasteiger partial charge in [0.05, 0.1) is 23.8 Å².